The molecule has 2 rings (SSSR count). The molecule has 0 radical (unpaired) electrons. The number of nitrogens with one attached hydrogen (secondary N) is 2. The van der Waals surface area contributed by atoms with Crippen molar-refractivity contribution < 1.29 is 9.59 Å². The van der Waals surface area contributed by atoms with Gasteiger partial charge in [-0.05, 0) is 42.2 Å². The van der Waals surface area contributed by atoms with E-state index in [-0.39, 0.29) is 17.2 Å². The van der Waals surface area contributed by atoms with Crippen molar-refractivity contribution in [2.24, 2.45) is 0 Å². The molecule has 0 saturated carbocycles. The van der Waals surface area contributed by atoms with Crippen LogP contribution in [0, 0.1) is 0 Å². The molecular formula is C20H24N2O2. The van der Waals surface area contributed by atoms with E-state index in [0.29, 0.717) is 11.3 Å². The van der Waals surface area contributed by atoms with Gasteiger partial charge >= 0.3 is 0 Å². The third-order valence-corrected chi connectivity index (χ3v) is 3.80. The molecule has 1 unspecified atom stereocenters. The smallest absolute Gasteiger partial charge is 0.251 e. The van der Waals surface area contributed by atoms with Gasteiger partial charge in [-0.1, -0.05) is 51.1 Å². The summed E-state index contributed by atoms with van der Waals surface area (Å²) in [6, 6.07) is 16.0. The summed E-state index contributed by atoms with van der Waals surface area (Å²) in [6.07, 6.45) is 0. The summed E-state index contributed by atoms with van der Waals surface area (Å²) >= 11 is 0. The van der Waals surface area contributed by atoms with Crippen LogP contribution in [0.3, 0.4) is 0 Å². The zero-order valence-electron chi connectivity index (χ0n) is 14.6. The van der Waals surface area contributed by atoms with Crippen LogP contribution in [-0.2, 0) is 10.2 Å². The van der Waals surface area contributed by atoms with Gasteiger partial charge < -0.3 is 10.6 Å². The van der Waals surface area contributed by atoms with Crippen LogP contribution in [0.2, 0.25) is 0 Å². The number of rotatable bonds is 4. The molecule has 0 spiro atoms. The zero-order valence-corrected chi connectivity index (χ0v) is 14.6. The number of benzene rings is 2. The first-order valence-electron chi connectivity index (χ1n) is 8.04. The van der Waals surface area contributed by atoms with Gasteiger partial charge in [0, 0.05) is 11.3 Å². The van der Waals surface area contributed by atoms with Gasteiger partial charge in [0.2, 0.25) is 5.91 Å². The van der Waals surface area contributed by atoms with Crippen LogP contribution in [0.1, 0.15) is 43.6 Å². The zero-order chi connectivity index (χ0) is 17.7. The fourth-order valence-electron chi connectivity index (χ4n) is 2.24. The Bertz CT molecular complexity index is 701. The van der Waals surface area contributed by atoms with Gasteiger partial charge in [-0.25, -0.2) is 0 Å². The number of anilines is 1. The maximum absolute atomic E-state index is 12.2. The van der Waals surface area contributed by atoms with Crippen molar-refractivity contribution in [2.45, 2.75) is 39.2 Å². The monoisotopic (exact) mass is 324 g/mol. The minimum atomic E-state index is -0.625. The second-order valence-electron chi connectivity index (χ2n) is 6.88. The molecule has 126 valence electrons. The molecule has 0 aliphatic rings. The van der Waals surface area contributed by atoms with Crippen LogP contribution in [0.25, 0.3) is 0 Å². The van der Waals surface area contributed by atoms with E-state index in [9.17, 15) is 9.59 Å². The van der Waals surface area contributed by atoms with E-state index < -0.39 is 6.04 Å². The second kappa shape index (κ2) is 7.30. The molecule has 0 fully saturated rings. The Morgan fingerprint density at radius 1 is 0.917 bits per heavy atom. The molecule has 0 aliphatic heterocycles. The summed E-state index contributed by atoms with van der Waals surface area (Å²) < 4.78 is 0. The molecule has 24 heavy (non-hydrogen) atoms. The van der Waals surface area contributed by atoms with Gasteiger partial charge in [0.05, 0.1) is 0 Å². The quantitative estimate of drug-likeness (QED) is 0.900. The third-order valence-electron chi connectivity index (χ3n) is 3.80. The van der Waals surface area contributed by atoms with Gasteiger partial charge in [0.25, 0.3) is 5.91 Å². The molecule has 2 aromatic rings. The van der Waals surface area contributed by atoms with Gasteiger partial charge in [-0.2, -0.15) is 0 Å². The molecule has 2 N–H and O–H groups in total. The highest BCUT2D eigenvalue weighted by Gasteiger charge is 2.17. The minimum absolute atomic E-state index is 0.0689. The SMILES string of the molecule is CC(NC(=O)c1ccccc1)C(=O)Nc1ccc(C(C)(C)C)cc1. The van der Waals surface area contributed by atoms with Crippen LogP contribution >= 0.6 is 0 Å². The van der Waals surface area contributed by atoms with E-state index in [1.54, 1.807) is 31.2 Å². The van der Waals surface area contributed by atoms with Crippen LogP contribution in [0.15, 0.2) is 54.6 Å². The first-order chi connectivity index (χ1) is 11.3. The topological polar surface area (TPSA) is 58.2 Å². The van der Waals surface area contributed by atoms with Gasteiger partial charge in [0.15, 0.2) is 0 Å². The van der Waals surface area contributed by atoms with Gasteiger partial charge in [-0.15, -0.1) is 0 Å². The van der Waals surface area contributed by atoms with Crippen molar-refractivity contribution in [3.63, 3.8) is 0 Å². The lowest BCUT2D eigenvalue weighted by Gasteiger charge is -2.19. The highest BCUT2D eigenvalue weighted by molar-refractivity contribution is 6.00. The largest absolute Gasteiger partial charge is 0.341 e. The molecule has 2 aromatic carbocycles. The fraction of sp³-hybridized carbons (Fsp3) is 0.300. The Morgan fingerprint density at radius 2 is 1.50 bits per heavy atom. The van der Waals surface area contributed by atoms with Gasteiger partial charge in [0.1, 0.15) is 6.04 Å². The summed E-state index contributed by atoms with van der Waals surface area (Å²) in [5, 5.41) is 5.52. The normalized spacial score (nSPS) is 12.3. The lowest BCUT2D eigenvalue weighted by molar-refractivity contribution is -0.117. The van der Waals surface area contributed by atoms with E-state index in [1.165, 1.54) is 5.56 Å². The maximum atomic E-state index is 12.2. The molecular weight excluding hydrogens is 300 g/mol. The lowest BCUT2D eigenvalue weighted by Crippen LogP contribution is -2.41. The summed E-state index contributed by atoms with van der Waals surface area (Å²) in [5.74, 6) is -0.510. The Kier molecular flexibility index (Phi) is 5.39. The lowest BCUT2D eigenvalue weighted by atomic mass is 9.87. The van der Waals surface area contributed by atoms with Crippen molar-refractivity contribution in [3.8, 4) is 0 Å². The highest BCUT2D eigenvalue weighted by atomic mass is 16.2. The molecule has 0 bridgehead atoms. The van der Waals surface area contributed by atoms with Crippen LogP contribution in [-0.4, -0.2) is 17.9 Å². The van der Waals surface area contributed by atoms with Crippen molar-refractivity contribution in [2.75, 3.05) is 5.32 Å². The minimum Gasteiger partial charge on any atom is -0.341 e. The van der Waals surface area contributed by atoms with Crippen LogP contribution in [0.4, 0.5) is 5.69 Å². The number of hydrogen-bond acceptors (Lipinski definition) is 2. The first-order valence-corrected chi connectivity index (χ1v) is 8.04. The van der Waals surface area contributed by atoms with Crippen LogP contribution < -0.4 is 10.6 Å². The Balaban J connectivity index is 1.95. The predicted molar refractivity (Wildman–Crippen MR) is 97.1 cm³/mol. The van der Waals surface area contributed by atoms with Crippen molar-refractivity contribution >= 4 is 17.5 Å². The Labute approximate surface area is 143 Å². The molecule has 0 aromatic heterocycles. The Hall–Kier alpha value is -2.62. The molecule has 4 heteroatoms. The molecule has 0 aliphatic carbocycles. The second-order valence-corrected chi connectivity index (χ2v) is 6.88. The van der Waals surface area contributed by atoms with Crippen molar-refractivity contribution in [3.05, 3.63) is 65.7 Å². The molecule has 1 atom stereocenters. The summed E-state index contributed by atoms with van der Waals surface area (Å²) in [4.78, 5) is 24.3. The summed E-state index contributed by atoms with van der Waals surface area (Å²) in [7, 11) is 0. The number of carbonyl (C=O) groups is 2. The average Bonchev–Trinajstić information content (AvgIpc) is 2.55. The van der Waals surface area contributed by atoms with Crippen molar-refractivity contribution in [1.29, 1.82) is 0 Å². The number of hydrogen-bond donors (Lipinski definition) is 2. The summed E-state index contributed by atoms with van der Waals surface area (Å²) in [6.45, 7) is 8.09. The molecule has 2 amide bonds. The van der Waals surface area contributed by atoms with Crippen LogP contribution in [0.5, 0.6) is 0 Å². The van der Waals surface area contributed by atoms with E-state index >= 15 is 0 Å². The molecule has 0 saturated heterocycles. The number of amides is 2. The van der Waals surface area contributed by atoms with E-state index in [2.05, 4.69) is 31.4 Å². The van der Waals surface area contributed by atoms with E-state index in [4.69, 9.17) is 0 Å². The molecule has 0 heterocycles. The maximum Gasteiger partial charge on any atom is 0.251 e. The predicted octanol–water partition coefficient (Wildman–Crippen LogP) is 3.74. The van der Waals surface area contributed by atoms with E-state index in [0.717, 1.165) is 0 Å². The third kappa shape index (κ3) is 4.69. The number of carbonyl (C=O) groups excluding carboxylic acids is 2. The first kappa shape index (κ1) is 17.7. The summed E-state index contributed by atoms with van der Waals surface area (Å²) in [5.41, 5.74) is 2.52. The van der Waals surface area contributed by atoms with E-state index in [1.807, 2.05) is 30.3 Å². The standard InChI is InChI=1S/C20H24N2O2/c1-14(21-19(24)15-8-6-5-7-9-15)18(23)22-17-12-10-16(11-13-17)20(2,3)4/h5-14H,1-4H3,(H,21,24)(H,22,23). The van der Waals surface area contributed by atoms with Crippen molar-refractivity contribution in [1.82, 2.24) is 5.32 Å². The fourth-order valence-corrected chi connectivity index (χ4v) is 2.24. The highest BCUT2D eigenvalue weighted by Crippen LogP contribution is 2.23. The average molecular weight is 324 g/mol. The Morgan fingerprint density at radius 3 is 2.04 bits per heavy atom. The van der Waals surface area contributed by atoms with Gasteiger partial charge in [-0.3, -0.25) is 9.59 Å². The molecule has 4 nitrogen and oxygen atoms in total.